The third-order valence-corrected chi connectivity index (χ3v) is 7.16. The summed E-state index contributed by atoms with van der Waals surface area (Å²) in [4.78, 5) is 1.63. The second kappa shape index (κ2) is 24.4. The van der Waals surface area contributed by atoms with Crippen LogP contribution in [0.5, 0.6) is 0 Å². The molecule has 0 aromatic carbocycles. The maximum atomic E-state index is 10.1. The van der Waals surface area contributed by atoms with Crippen molar-refractivity contribution in [2.24, 2.45) is 11.5 Å². The Morgan fingerprint density at radius 3 is 1.79 bits per heavy atom. The molecule has 0 spiro atoms. The Kier molecular flexibility index (Phi) is 22.8. The van der Waals surface area contributed by atoms with Gasteiger partial charge in [0.25, 0.3) is 0 Å². The SMILES string of the molecule is NCCCCCCNCCCCCCNCC(O)CNCCCCCC[NH+]1CCCCCC1N. The van der Waals surface area contributed by atoms with Crippen molar-refractivity contribution >= 4 is 0 Å². The Labute approximate surface area is 211 Å². The molecule has 204 valence electrons. The van der Waals surface area contributed by atoms with Crippen LogP contribution in [0, 0.1) is 0 Å². The molecule has 7 nitrogen and oxygen atoms in total. The number of unbranched alkanes of at least 4 members (excludes halogenated alkanes) is 9. The molecule has 1 aliphatic heterocycles. The highest BCUT2D eigenvalue weighted by molar-refractivity contribution is 4.63. The molecule has 1 saturated heterocycles. The molecule has 7 heteroatoms. The van der Waals surface area contributed by atoms with Gasteiger partial charge in [-0.25, -0.2) is 0 Å². The van der Waals surface area contributed by atoms with Gasteiger partial charge < -0.3 is 31.7 Å². The van der Waals surface area contributed by atoms with Crippen LogP contribution in [0.3, 0.4) is 0 Å². The van der Waals surface area contributed by atoms with Gasteiger partial charge in [0.2, 0.25) is 0 Å². The number of hydrogen-bond acceptors (Lipinski definition) is 6. The van der Waals surface area contributed by atoms with E-state index < -0.39 is 0 Å². The molecule has 0 amide bonds. The molecule has 0 radical (unpaired) electrons. The van der Waals surface area contributed by atoms with Gasteiger partial charge in [0.05, 0.1) is 19.2 Å². The van der Waals surface area contributed by atoms with Crippen molar-refractivity contribution < 1.29 is 10.0 Å². The molecule has 0 aromatic rings. The molecule has 1 rings (SSSR count). The van der Waals surface area contributed by atoms with Gasteiger partial charge in [0.15, 0.2) is 0 Å². The first-order valence-electron chi connectivity index (χ1n) is 14.8. The van der Waals surface area contributed by atoms with Gasteiger partial charge in [-0.1, -0.05) is 32.1 Å². The molecule has 1 fully saturated rings. The molecule has 3 atom stereocenters. The van der Waals surface area contributed by atoms with E-state index in [1.165, 1.54) is 109 Å². The van der Waals surface area contributed by atoms with E-state index in [0.717, 1.165) is 39.1 Å². The predicted molar refractivity (Wildman–Crippen MR) is 146 cm³/mol. The minimum absolute atomic E-state index is 0.290. The molecule has 0 aromatic heterocycles. The summed E-state index contributed by atoms with van der Waals surface area (Å²) in [7, 11) is 0. The van der Waals surface area contributed by atoms with Crippen LogP contribution in [0.15, 0.2) is 0 Å². The number of quaternary nitrogens is 1. The van der Waals surface area contributed by atoms with Crippen molar-refractivity contribution in [1.82, 2.24) is 16.0 Å². The number of aliphatic hydroxyl groups is 1. The van der Waals surface area contributed by atoms with Gasteiger partial charge in [-0.05, 0) is 96.9 Å². The van der Waals surface area contributed by atoms with Gasteiger partial charge in [-0.2, -0.15) is 0 Å². The van der Waals surface area contributed by atoms with Gasteiger partial charge in [-0.15, -0.1) is 0 Å². The first-order chi connectivity index (χ1) is 16.7. The van der Waals surface area contributed by atoms with Crippen LogP contribution >= 0.6 is 0 Å². The first-order valence-corrected chi connectivity index (χ1v) is 14.8. The van der Waals surface area contributed by atoms with E-state index in [0.29, 0.717) is 19.3 Å². The molecular weight excluding hydrogens is 424 g/mol. The summed E-state index contributed by atoms with van der Waals surface area (Å²) >= 11 is 0. The Bertz CT molecular complexity index is 415. The van der Waals surface area contributed by atoms with Crippen LogP contribution in [-0.2, 0) is 0 Å². The molecule has 0 aliphatic carbocycles. The summed E-state index contributed by atoms with van der Waals surface area (Å²) in [5.74, 6) is 0. The summed E-state index contributed by atoms with van der Waals surface area (Å²) < 4.78 is 0. The second-order valence-electron chi connectivity index (χ2n) is 10.5. The molecule has 0 bridgehead atoms. The smallest absolute Gasteiger partial charge is 0.138 e. The minimum atomic E-state index is -0.290. The predicted octanol–water partition coefficient (Wildman–Crippen LogP) is 1.50. The Morgan fingerprint density at radius 2 is 1.21 bits per heavy atom. The first kappa shape index (κ1) is 31.7. The Morgan fingerprint density at radius 1 is 0.676 bits per heavy atom. The average Bonchev–Trinajstić information content (AvgIpc) is 3.04. The largest absolute Gasteiger partial charge is 0.390 e. The third kappa shape index (κ3) is 20.0. The van der Waals surface area contributed by atoms with Gasteiger partial charge in [0, 0.05) is 19.5 Å². The maximum Gasteiger partial charge on any atom is 0.138 e. The number of hydrogen-bond donors (Lipinski definition) is 7. The lowest BCUT2D eigenvalue weighted by Gasteiger charge is -2.23. The molecule has 9 N–H and O–H groups in total. The molecule has 1 aliphatic rings. The average molecular weight is 486 g/mol. The lowest BCUT2D eigenvalue weighted by Crippen LogP contribution is -3.17. The van der Waals surface area contributed by atoms with Crippen molar-refractivity contribution in [2.45, 2.75) is 115 Å². The standard InChI is InChI=1S/C27H60N6O/c28-17-9-1-2-10-18-30-19-11-3-4-12-20-31-24-26(34)25-32-21-13-5-6-14-22-33-23-15-7-8-16-27(33)29/h26-27,30-32,34H,1-25,28-29H2/p+1. The van der Waals surface area contributed by atoms with E-state index in [-0.39, 0.29) is 6.10 Å². The highest BCUT2D eigenvalue weighted by Gasteiger charge is 2.19. The fourth-order valence-electron chi connectivity index (χ4n) is 4.88. The van der Waals surface area contributed by atoms with E-state index in [2.05, 4.69) is 16.0 Å². The zero-order valence-electron chi connectivity index (χ0n) is 22.4. The number of aliphatic hydroxyl groups excluding tert-OH is 1. The highest BCUT2D eigenvalue weighted by Crippen LogP contribution is 2.03. The number of rotatable bonds is 24. The van der Waals surface area contributed by atoms with E-state index >= 15 is 0 Å². The van der Waals surface area contributed by atoms with Gasteiger partial charge in [-0.3, -0.25) is 5.73 Å². The molecule has 0 saturated carbocycles. The molecule has 3 unspecified atom stereocenters. The van der Waals surface area contributed by atoms with Crippen LogP contribution in [0.2, 0.25) is 0 Å². The summed E-state index contributed by atoms with van der Waals surface area (Å²) in [5, 5.41) is 20.5. The highest BCUT2D eigenvalue weighted by atomic mass is 16.3. The van der Waals surface area contributed by atoms with E-state index in [1.807, 2.05) is 0 Å². The van der Waals surface area contributed by atoms with Gasteiger partial charge in [0.1, 0.15) is 6.17 Å². The topological polar surface area (TPSA) is 113 Å². The van der Waals surface area contributed by atoms with Crippen molar-refractivity contribution in [3.63, 3.8) is 0 Å². The summed E-state index contributed by atoms with van der Waals surface area (Å²) in [6, 6.07) is 0. The lowest BCUT2D eigenvalue weighted by molar-refractivity contribution is -0.924. The number of likely N-dealkylation sites (tertiary alicyclic amines) is 1. The zero-order valence-corrected chi connectivity index (χ0v) is 22.4. The van der Waals surface area contributed by atoms with Crippen LogP contribution in [0.25, 0.3) is 0 Å². The zero-order chi connectivity index (χ0) is 24.5. The summed E-state index contributed by atoms with van der Waals surface area (Å²) in [6.45, 7) is 9.02. The maximum absolute atomic E-state index is 10.1. The monoisotopic (exact) mass is 485 g/mol. The van der Waals surface area contributed by atoms with Crippen LogP contribution < -0.4 is 32.3 Å². The Balaban J connectivity index is 1.75. The lowest BCUT2D eigenvalue weighted by atomic mass is 10.1. The number of nitrogens with one attached hydrogen (secondary N) is 4. The molecular formula is C27H61N6O+. The molecule has 34 heavy (non-hydrogen) atoms. The van der Waals surface area contributed by atoms with Gasteiger partial charge >= 0.3 is 0 Å². The van der Waals surface area contributed by atoms with Crippen molar-refractivity contribution in [1.29, 1.82) is 0 Å². The van der Waals surface area contributed by atoms with Crippen molar-refractivity contribution in [2.75, 3.05) is 58.9 Å². The fraction of sp³-hybridized carbons (Fsp3) is 1.00. The summed E-state index contributed by atoms with van der Waals surface area (Å²) in [6.07, 6.45) is 20.4. The number of nitrogens with two attached hydrogens (primary N) is 2. The normalized spacial score (nSPS) is 19.9. The van der Waals surface area contributed by atoms with Crippen molar-refractivity contribution in [3.8, 4) is 0 Å². The van der Waals surface area contributed by atoms with E-state index in [4.69, 9.17) is 11.5 Å². The van der Waals surface area contributed by atoms with Crippen LogP contribution in [0.4, 0.5) is 0 Å². The summed E-state index contributed by atoms with van der Waals surface area (Å²) in [5.41, 5.74) is 11.8. The third-order valence-electron chi connectivity index (χ3n) is 7.16. The van der Waals surface area contributed by atoms with E-state index in [1.54, 1.807) is 4.90 Å². The quantitative estimate of drug-likeness (QED) is 0.104. The second-order valence-corrected chi connectivity index (χ2v) is 10.5. The van der Waals surface area contributed by atoms with Crippen LogP contribution in [0.1, 0.15) is 103 Å². The molecule has 1 heterocycles. The fourth-order valence-corrected chi connectivity index (χ4v) is 4.88. The Hall–Kier alpha value is -0.280. The minimum Gasteiger partial charge on any atom is -0.390 e. The van der Waals surface area contributed by atoms with Crippen LogP contribution in [-0.4, -0.2) is 76.3 Å². The van der Waals surface area contributed by atoms with E-state index in [9.17, 15) is 5.11 Å². The van der Waals surface area contributed by atoms with Crippen molar-refractivity contribution in [3.05, 3.63) is 0 Å².